The molecule has 2 rings (SSSR count). The van der Waals surface area contributed by atoms with Crippen molar-refractivity contribution in [2.24, 2.45) is 0 Å². The minimum Gasteiger partial charge on any atom is -0.325 e. The zero-order valence-electron chi connectivity index (χ0n) is 11.2. The van der Waals surface area contributed by atoms with Crippen LogP contribution in [0.3, 0.4) is 0 Å². The molecule has 2 nitrogen and oxygen atoms in total. The molecule has 0 atom stereocenters. The molecule has 116 valence electrons. The van der Waals surface area contributed by atoms with Crippen LogP contribution in [0.1, 0.15) is 5.56 Å². The van der Waals surface area contributed by atoms with Crippen LogP contribution in [0, 0.1) is 5.82 Å². The Hall–Kier alpha value is -2.02. The lowest BCUT2D eigenvalue weighted by atomic mass is 10.1. The van der Waals surface area contributed by atoms with Crippen LogP contribution in [0.5, 0.6) is 0 Å². The maximum atomic E-state index is 13.4. The van der Waals surface area contributed by atoms with Crippen LogP contribution in [-0.2, 0) is 11.0 Å². The normalized spacial score (nSPS) is 11.3. The van der Waals surface area contributed by atoms with Crippen molar-refractivity contribution >= 4 is 23.4 Å². The number of thioether (sulfide) groups is 1. The molecular formula is C15H11F4NOS. The maximum absolute atomic E-state index is 13.4. The molecule has 7 heteroatoms. The Morgan fingerprint density at radius 1 is 1.05 bits per heavy atom. The third-order valence-corrected chi connectivity index (χ3v) is 3.75. The number of anilines is 1. The zero-order valence-corrected chi connectivity index (χ0v) is 12.0. The number of alkyl halides is 3. The molecule has 0 bridgehead atoms. The number of carbonyl (C=O) groups excluding carboxylic acids is 1. The third kappa shape index (κ3) is 4.24. The summed E-state index contributed by atoms with van der Waals surface area (Å²) in [5.74, 6) is -1.30. The topological polar surface area (TPSA) is 29.1 Å². The first kappa shape index (κ1) is 16.4. The highest BCUT2D eigenvalue weighted by Gasteiger charge is 2.33. The number of halogens is 4. The van der Waals surface area contributed by atoms with E-state index in [0.717, 1.165) is 17.8 Å². The van der Waals surface area contributed by atoms with E-state index in [9.17, 15) is 22.4 Å². The van der Waals surface area contributed by atoms with Gasteiger partial charge in [-0.2, -0.15) is 13.2 Å². The molecule has 0 saturated heterocycles. The molecule has 0 unspecified atom stereocenters. The van der Waals surface area contributed by atoms with Crippen LogP contribution in [0.4, 0.5) is 23.2 Å². The van der Waals surface area contributed by atoms with E-state index in [1.807, 2.05) is 0 Å². The van der Waals surface area contributed by atoms with Crippen molar-refractivity contribution in [2.75, 3.05) is 11.1 Å². The van der Waals surface area contributed by atoms with Crippen molar-refractivity contribution < 1.29 is 22.4 Å². The highest BCUT2D eigenvalue weighted by atomic mass is 32.2. The predicted octanol–water partition coefficient (Wildman–Crippen LogP) is 4.58. The first-order chi connectivity index (χ1) is 10.4. The van der Waals surface area contributed by atoms with E-state index in [2.05, 4.69) is 5.32 Å². The van der Waals surface area contributed by atoms with E-state index in [4.69, 9.17) is 0 Å². The summed E-state index contributed by atoms with van der Waals surface area (Å²) in [5.41, 5.74) is -1.23. The van der Waals surface area contributed by atoms with E-state index in [0.29, 0.717) is 0 Å². The molecule has 0 saturated carbocycles. The average molecular weight is 329 g/mol. The number of carbonyl (C=O) groups is 1. The van der Waals surface area contributed by atoms with Crippen LogP contribution in [0.25, 0.3) is 0 Å². The molecule has 2 aromatic carbocycles. The van der Waals surface area contributed by atoms with Crippen LogP contribution >= 0.6 is 11.8 Å². The largest absolute Gasteiger partial charge is 0.418 e. The molecule has 22 heavy (non-hydrogen) atoms. The molecular weight excluding hydrogens is 318 g/mol. The molecule has 0 fully saturated rings. The zero-order chi connectivity index (χ0) is 16.2. The molecule has 0 aromatic heterocycles. The van der Waals surface area contributed by atoms with Gasteiger partial charge in [-0.1, -0.05) is 24.3 Å². The van der Waals surface area contributed by atoms with E-state index in [-0.39, 0.29) is 16.3 Å². The summed E-state index contributed by atoms with van der Waals surface area (Å²) in [7, 11) is 0. The summed E-state index contributed by atoms with van der Waals surface area (Å²) in [6.07, 6.45) is -4.55. The Morgan fingerprint density at radius 2 is 1.68 bits per heavy atom. The summed E-state index contributed by atoms with van der Waals surface area (Å²) in [6.45, 7) is 0. The quantitative estimate of drug-likeness (QED) is 0.657. The number of para-hydroxylation sites is 1. The van der Waals surface area contributed by atoms with Gasteiger partial charge < -0.3 is 5.32 Å². The molecule has 1 N–H and O–H groups in total. The van der Waals surface area contributed by atoms with Gasteiger partial charge in [0.25, 0.3) is 0 Å². The Labute approximate surface area is 128 Å². The number of amides is 1. The summed E-state index contributed by atoms with van der Waals surface area (Å²) in [6, 6.07) is 10.6. The highest BCUT2D eigenvalue weighted by molar-refractivity contribution is 8.00. The minimum atomic E-state index is -4.55. The monoisotopic (exact) mass is 329 g/mol. The standard InChI is InChI=1S/C15H11F4NOS/c16-11-6-2-4-8-13(11)22-9-14(21)20-12-7-3-1-5-10(12)15(17,18)19/h1-8H,9H2,(H,20,21). The number of benzene rings is 2. The van der Waals surface area contributed by atoms with Crippen LogP contribution in [0.2, 0.25) is 0 Å². The van der Waals surface area contributed by atoms with E-state index < -0.39 is 23.5 Å². The van der Waals surface area contributed by atoms with E-state index >= 15 is 0 Å². The van der Waals surface area contributed by atoms with Crippen LogP contribution < -0.4 is 5.32 Å². The molecule has 0 aliphatic heterocycles. The highest BCUT2D eigenvalue weighted by Crippen LogP contribution is 2.34. The van der Waals surface area contributed by atoms with Crippen molar-refractivity contribution in [3.05, 3.63) is 59.9 Å². The SMILES string of the molecule is O=C(CSc1ccccc1F)Nc1ccccc1C(F)(F)F. The fourth-order valence-electron chi connectivity index (χ4n) is 1.73. The van der Waals surface area contributed by atoms with Gasteiger partial charge in [0, 0.05) is 4.90 Å². The van der Waals surface area contributed by atoms with Gasteiger partial charge in [0.15, 0.2) is 0 Å². The molecule has 0 heterocycles. The van der Waals surface area contributed by atoms with Gasteiger partial charge in [-0.15, -0.1) is 11.8 Å². The number of nitrogens with one attached hydrogen (secondary N) is 1. The third-order valence-electron chi connectivity index (χ3n) is 2.70. The second kappa shape index (κ2) is 6.83. The Morgan fingerprint density at radius 3 is 2.36 bits per heavy atom. The van der Waals surface area contributed by atoms with Crippen molar-refractivity contribution in [3.8, 4) is 0 Å². The number of hydrogen-bond donors (Lipinski definition) is 1. The molecule has 0 radical (unpaired) electrons. The predicted molar refractivity (Wildman–Crippen MR) is 77.2 cm³/mol. The Balaban J connectivity index is 2.03. The fraction of sp³-hybridized carbons (Fsp3) is 0.133. The van der Waals surface area contributed by atoms with Gasteiger partial charge in [0.1, 0.15) is 5.82 Å². The molecule has 2 aromatic rings. The van der Waals surface area contributed by atoms with Crippen molar-refractivity contribution in [1.29, 1.82) is 0 Å². The van der Waals surface area contributed by atoms with Crippen molar-refractivity contribution in [3.63, 3.8) is 0 Å². The summed E-state index contributed by atoms with van der Waals surface area (Å²) < 4.78 is 51.8. The van der Waals surface area contributed by atoms with Crippen LogP contribution in [0.15, 0.2) is 53.4 Å². The fourth-order valence-corrected chi connectivity index (χ4v) is 2.47. The lowest BCUT2D eigenvalue weighted by molar-refractivity contribution is -0.137. The van der Waals surface area contributed by atoms with Gasteiger partial charge in [0.05, 0.1) is 17.0 Å². The van der Waals surface area contributed by atoms with E-state index in [1.165, 1.54) is 36.4 Å². The molecule has 0 aliphatic rings. The summed E-state index contributed by atoms with van der Waals surface area (Å²) >= 11 is 0.919. The smallest absolute Gasteiger partial charge is 0.325 e. The van der Waals surface area contributed by atoms with Crippen LogP contribution in [-0.4, -0.2) is 11.7 Å². The lowest BCUT2D eigenvalue weighted by Gasteiger charge is -2.13. The number of rotatable bonds is 4. The summed E-state index contributed by atoms with van der Waals surface area (Å²) in [4.78, 5) is 12.0. The minimum absolute atomic E-state index is 0.187. The maximum Gasteiger partial charge on any atom is 0.418 e. The lowest BCUT2D eigenvalue weighted by Crippen LogP contribution is -2.18. The molecule has 1 amide bonds. The van der Waals surface area contributed by atoms with Gasteiger partial charge in [0.2, 0.25) is 5.91 Å². The Bertz CT molecular complexity index is 673. The second-order valence-corrected chi connectivity index (χ2v) is 5.33. The van der Waals surface area contributed by atoms with Gasteiger partial charge in [-0.25, -0.2) is 4.39 Å². The van der Waals surface area contributed by atoms with E-state index in [1.54, 1.807) is 6.07 Å². The first-order valence-corrected chi connectivity index (χ1v) is 7.20. The van der Waals surface area contributed by atoms with Gasteiger partial charge in [-0.3, -0.25) is 4.79 Å². The summed E-state index contributed by atoms with van der Waals surface area (Å²) in [5, 5.41) is 2.20. The average Bonchev–Trinajstić information content (AvgIpc) is 2.46. The van der Waals surface area contributed by atoms with Crippen molar-refractivity contribution in [2.45, 2.75) is 11.1 Å². The second-order valence-electron chi connectivity index (χ2n) is 4.31. The Kier molecular flexibility index (Phi) is 5.07. The number of hydrogen-bond acceptors (Lipinski definition) is 2. The molecule has 0 spiro atoms. The molecule has 0 aliphatic carbocycles. The van der Waals surface area contributed by atoms with Gasteiger partial charge >= 0.3 is 6.18 Å². The van der Waals surface area contributed by atoms with Crippen molar-refractivity contribution in [1.82, 2.24) is 0 Å². The van der Waals surface area contributed by atoms with Gasteiger partial charge in [-0.05, 0) is 24.3 Å². The first-order valence-electron chi connectivity index (χ1n) is 6.21.